The lowest BCUT2D eigenvalue weighted by Gasteiger charge is -2.27. The third-order valence-corrected chi connectivity index (χ3v) is 3.42. The number of rotatable bonds is 4. The normalized spacial score (nSPS) is 25.4. The van der Waals surface area contributed by atoms with E-state index in [2.05, 4.69) is 10.1 Å². The van der Waals surface area contributed by atoms with Crippen molar-refractivity contribution in [2.45, 2.75) is 24.5 Å². The van der Waals surface area contributed by atoms with Crippen LogP contribution >= 0.6 is 0 Å². The second kappa shape index (κ2) is 5.50. The predicted octanol–water partition coefficient (Wildman–Crippen LogP) is 0.743. The van der Waals surface area contributed by atoms with Crippen molar-refractivity contribution in [1.29, 1.82) is 0 Å². The van der Waals surface area contributed by atoms with E-state index < -0.39 is 17.6 Å². The number of carbonyl (C=O) groups excluding carboxylic acids is 2. The van der Waals surface area contributed by atoms with E-state index in [-0.39, 0.29) is 18.6 Å². The molecule has 1 fully saturated rings. The van der Waals surface area contributed by atoms with Gasteiger partial charge in [-0.3, -0.25) is 4.79 Å². The second-order valence-corrected chi connectivity index (χ2v) is 4.76. The van der Waals surface area contributed by atoms with Gasteiger partial charge in [0.15, 0.2) is 5.60 Å². The minimum Gasteiger partial charge on any atom is -0.497 e. The molecule has 1 aliphatic carbocycles. The zero-order chi connectivity index (χ0) is 14.8. The summed E-state index contributed by atoms with van der Waals surface area (Å²) in [6.45, 7) is 0. The summed E-state index contributed by atoms with van der Waals surface area (Å²) in [4.78, 5) is 23.3. The molecular weight excluding hydrogens is 262 g/mol. The van der Waals surface area contributed by atoms with Gasteiger partial charge in [-0.1, -0.05) is 6.07 Å². The highest BCUT2D eigenvalue weighted by Gasteiger charge is 2.52. The highest BCUT2D eigenvalue weighted by Crippen LogP contribution is 2.32. The number of carbonyl (C=O) groups is 2. The molecule has 0 spiro atoms. The van der Waals surface area contributed by atoms with Crippen molar-refractivity contribution in [3.05, 3.63) is 24.3 Å². The number of nitrogens with one attached hydrogen (secondary N) is 1. The summed E-state index contributed by atoms with van der Waals surface area (Å²) in [5.41, 5.74) is -1.17. The number of benzene rings is 1. The largest absolute Gasteiger partial charge is 0.497 e. The van der Waals surface area contributed by atoms with Crippen molar-refractivity contribution < 1.29 is 24.2 Å². The Morgan fingerprint density at radius 2 is 2.20 bits per heavy atom. The Bertz CT molecular complexity index is 530. The summed E-state index contributed by atoms with van der Waals surface area (Å²) in [5, 5.41) is 13.4. The van der Waals surface area contributed by atoms with Crippen molar-refractivity contribution >= 4 is 17.4 Å². The summed E-state index contributed by atoms with van der Waals surface area (Å²) < 4.78 is 9.69. The van der Waals surface area contributed by atoms with Gasteiger partial charge in [0.25, 0.3) is 0 Å². The fourth-order valence-corrected chi connectivity index (χ4v) is 2.37. The van der Waals surface area contributed by atoms with Gasteiger partial charge in [-0.25, -0.2) is 4.79 Å². The topological polar surface area (TPSA) is 84.9 Å². The SMILES string of the molecule is COC(=O)[C@]1(O)CC(=O)C[C@H]1Nc1cccc(OC)c1. The molecule has 0 aliphatic heterocycles. The van der Waals surface area contributed by atoms with Crippen LogP contribution in [0.3, 0.4) is 0 Å². The molecule has 1 saturated carbocycles. The Morgan fingerprint density at radius 1 is 1.45 bits per heavy atom. The van der Waals surface area contributed by atoms with Crippen LogP contribution in [0.1, 0.15) is 12.8 Å². The van der Waals surface area contributed by atoms with Crippen LogP contribution in [-0.2, 0) is 14.3 Å². The van der Waals surface area contributed by atoms with Gasteiger partial charge in [0.2, 0.25) is 0 Å². The van der Waals surface area contributed by atoms with Gasteiger partial charge in [0.1, 0.15) is 11.5 Å². The molecule has 0 unspecified atom stereocenters. The molecule has 2 atom stereocenters. The Labute approximate surface area is 116 Å². The predicted molar refractivity (Wildman–Crippen MR) is 71.6 cm³/mol. The molecule has 108 valence electrons. The quantitative estimate of drug-likeness (QED) is 0.791. The van der Waals surface area contributed by atoms with Crippen LogP contribution in [0.5, 0.6) is 5.75 Å². The van der Waals surface area contributed by atoms with E-state index in [4.69, 9.17) is 4.74 Å². The molecule has 6 heteroatoms. The molecule has 6 nitrogen and oxygen atoms in total. The van der Waals surface area contributed by atoms with E-state index in [9.17, 15) is 14.7 Å². The van der Waals surface area contributed by atoms with E-state index >= 15 is 0 Å². The standard InChI is InChI=1S/C14H17NO5/c1-19-11-5-3-4-9(6-11)15-12-7-10(16)8-14(12,18)13(17)20-2/h3-6,12,15,18H,7-8H2,1-2H3/t12-,14+/m1/s1. The third-order valence-electron chi connectivity index (χ3n) is 3.42. The van der Waals surface area contributed by atoms with Crippen LogP contribution in [0.4, 0.5) is 5.69 Å². The average molecular weight is 279 g/mol. The molecule has 20 heavy (non-hydrogen) atoms. The van der Waals surface area contributed by atoms with Crippen LogP contribution in [0.15, 0.2) is 24.3 Å². The van der Waals surface area contributed by atoms with E-state index in [1.807, 2.05) is 0 Å². The molecule has 0 heterocycles. The number of ether oxygens (including phenoxy) is 2. The third kappa shape index (κ3) is 2.60. The summed E-state index contributed by atoms with van der Waals surface area (Å²) in [6.07, 6.45) is -0.163. The summed E-state index contributed by atoms with van der Waals surface area (Å²) in [7, 11) is 2.73. The number of Topliss-reactive ketones (excluding diaryl/α,β-unsaturated/α-hetero) is 1. The molecule has 2 rings (SSSR count). The first kappa shape index (κ1) is 14.3. The number of aliphatic hydroxyl groups is 1. The molecule has 0 bridgehead atoms. The van der Waals surface area contributed by atoms with Gasteiger partial charge in [-0.2, -0.15) is 0 Å². The van der Waals surface area contributed by atoms with Crippen molar-refractivity contribution in [1.82, 2.24) is 0 Å². The van der Waals surface area contributed by atoms with Crippen LogP contribution in [0.25, 0.3) is 0 Å². The van der Waals surface area contributed by atoms with Gasteiger partial charge in [-0.15, -0.1) is 0 Å². The number of esters is 1. The summed E-state index contributed by atoms with van der Waals surface area (Å²) in [5.74, 6) is -0.344. The van der Waals surface area contributed by atoms with Gasteiger partial charge < -0.3 is 19.9 Å². The van der Waals surface area contributed by atoms with Crippen LogP contribution in [0.2, 0.25) is 0 Å². The van der Waals surface area contributed by atoms with Gasteiger partial charge in [-0.05, 0) is 12.1 Å². The first-order valence-electron chi connectivity index (χ1n) is 6.22. The summed E-state index contributed by atoms with van der Waals surface area (Å²) in [6, 6.07) is 6.32. The Hall–Kier alpha value is -2.08. The second-order valence-electron chi connectivity index (χ2n) is 4.76. The minimum absolute atomic E-state index is 0.0722. The lowest BCUT2D eigenvalue weighted by Crippen LogP contribution is -2.49. The molecular formula is C14H17NO5. The van der Waals surface area contributed by atoms with Gasteiger partial charge in [0, 0.05) is 24.6 Å². The van der Waals surface area contributed by atoms with Crippen molar-refractivity contribution in [2.75, 3.05) is 19.5 Å². The Balaban J connectivity index is 2.22. The number of hydrogen-bond acceptors (Lipinski definition) is 6. The fraction of sp³-hybridized carbons (Fsp3) is 0.429. The van der Waals surface area contributed by atoms with Crippen LogP contribution in [0, 0.1) is 0 Å². The van der Waals surface area contributed by atoms with Crippen molar-refractivity contribution in [2.24, 2.45) is 0 Å². The molecule has 1 aromatic carbocycles. The van der Waals surface area contributed by atoms with Crippen molar-refractivity contribution in [3.8, 4) is 5.75 Å². The molecule has 1 aromatic rings. The molecule has 0 radical (unpaired) electrons. The van der Waals surface area contributed by atoms with E-state index in [1.54, 1.807) is 31.4 Å². The van der Waals surface area contributed by atoms with E-state index in [0.29, 0.717) is 11.4 Å². The van der Waals surface area contributed by atoms with Gasteiger partial charge >= 0.3 is 5.97 Å². The molecule has 0 aromatic heterocycles. The number of methoxy groups -OCH3 is 2. The maximum absolute atomic E-state index is 11.7. The monoisotopic (exact) mass is 279 g/mol. The number of ketones is 1. The van der Waals surface area contributed by atoms with Crippen molar-refractivity contribution in [3.63, 3.8) is 0 Å². The zero-order valence-electron chi connectivity index (χ0n) is 11.4. The lowest BCUT2D eigenvalue weighted by atomic mass is 9.97. The van der Waals surface area contributed by atoms with E-state index in [0.717, 1.165) is 0 Å². The molecule has 2 N–H and O–H groups in total. The fourth-order valence-electron chi connectivity index (χ4n) is 2.37. The molecule has 1 aliphatic rings. The average Bonchev–Trinajstić information content (AvgIpc) is 2.73. The van der Waals surface area contributed by atoms with Gasteiger partial charge in [0.05, 0.1) is 20.3 Å². The van der Waals surface area contributed by atoms with E-state index in [1.165, 1.54) is 7.11 Å². The summed E-state index contributed by atoms with van der Waals surface area (Å²) >= 11 is 0. The maximum Gasteiger partial charge on any atom is 0.340 e. The van der Waals surface area contributed by atoms with Crippen LogP contribution < -0.4 is 10.1 Å². The van der Waals surface area contributed by atoms with Crippen LogP contribution in [-0.4, -0.2) is 42.7 Å². The zero-order valence-corrected chi connectivity index (χ0v) is 11.4. The maximum atomic E-state index is 11.7. The highest BCUT2D eigenvalue weighted by atomic mass is 16.5. The smallest absolute Gasteiger partial charge is 0.340 e. The number of hydrogen-bond donors (Lipinski definition) is 2. The highest BCUT2D eigenvalue weighted by molar-refractivity contribution is 5.95. The minimum atomic E-state index is -1.82. The molecule has 0 saturated heterocycles. The lowest BCUT2D eigenvalue weighted by molar-refractivity contribution is -0.162. The molecule has 0 amide bonds. The number of anilines is 1. The first-order valence-corrected chi connectivity index (χ1v) is 6.22. The Kier molecular flexibility index (Phi) is 3.94. The Morgan fingerprint density at radius 3 is 2.85 bits per heavy atom. The first-order chi connectivity index (χ1) is 9.49.